The number of fused-ring (bicyclic) bond motifs is 1. The Morgan fingerprint density at radius 3 is 2.69 bits per heavy atom. The summed E-state index contributed by atoms with van der Waals surface area (Å²) < 4.78 is 5.64. The number of allylic oxidation sites excluding steroid dienone is 5. The molecule has 0 N–H and O–H groups in total. The average Bonchev–Trinajstić information content (AvgIpc) is 3.19. The van der Waals surface area contributed by atoms with Gasteiger partial charge in [0, 0.05) is 0 Å². The fourth-order valence-corrected chi connectivity index (χ4v) is 7.16. The largest absolute Gasteiger partial charge is 0.462 e. The Hall–Kier alpha value is -1.31. The number of hydrogen-bond donors (Lipinski definition) is 0. The average molecular weight is 397 g/mol. The van der Waals surface area contributed by atoms with Crippen LogP contribution in [0, 0.1) is 29.1 Å². The normalized spacial score (nSPS) is 41.6. The van der Waals surface area contributed by atoms with E-state index in [2.05, 4.69) is 32.6 Å². The first-order chi connectivity index (χ1) is 13.9. The van der Waals surface area contributed by atoms with E-state index in [1.165, 1.54) is 68.9 Å². The summed E-state index contributed by atoms with van der Waals surface area (Å²) in [4.78, 5) is 11.8. The standard InChI is InChI=1S/C27H40O2/c1-18-8-5-6-9-21(18)11-12-22-10-7-15-27(4)24(13-14-25(22)27)19(2)16-23-17-20(3)26(28)29-23/h11-12,19-20,23-25H,1,5-10,13-17H2,2-4H3/b21-11-,22-12+/t19-,20+,23?,24?,25?,27?/m1/s1. The quantitative estimate of drug-likeness (QED) is 0.471. The molecule has 4 unspecified atom stereocenters. The van der Waals surface area contributed by atoms with Crippen LogP contribution in [0.3, 0.4) is 0 Å². The molecule has 0 aromatic carbocycles. The maximum atomic E-state index is 11.8. The topological polar surface area (TPSA) is 26.3 Å². The van der Waals surface area contributed by atoms with Crippen LogP contribution in [0.1, 0.15) is 91.4 Å². The van der Waals surface area contributed by atoms with Gasteiger partial charge >= 0.3 is 5.97 Å². The van der Waals surface area contributed by atoms with Crippen molar-refractivity contribution in [1.29, 1.82) is 0 Å². The highest BCUT2D eigenvalue weighted by molar-refractivity contribution is 5.74. The molecule has 160 valence electrons. The molecule has 29 heavy (non-hydrogen) atoms. The summed E-state index contributed by atoms with van der Waals surface area (Å²) in [6.45, 7) is 11.3. The molecular weight excluding hydrogens is 356 g/mol. The van der Waals surface area contributed by atoms with Crippen molar-refractivity contribution in [3.05, 3.63) is 35.5 Å². The van der Waals surface area contributed by atoms with Crippen molar-refractivity contribution in [2.45, 2.75) is 97.5 Å². The summed E-state index contributed by atoms with van der Waals surface area (Å²) in [7, 11) is 0. The molecule has 3 saturated carbocycles. The molecule has 0 radical (unpaired) electrons. The highest BCUT2D eigenvalue weighted by atomic mass is 16.5. The minimum Gasteiger partial charge on any atom is -0.462 e. The molecule has 4 fully saturated rings. The van der Waals surface area contributed by atoms with Crippen LogP contribution in [0.2, 0.25) is 0 Å². The lowest BCUT2D eigenvalue weighted by Gasteiger charge is -2.44. The van der Waals surface area contributed by atoms with Gasteiger partial charge in [-0.25, -0.2) is 0 Å². The number of carbonyl (C=O) groups excluding carboxylic acids is 1. The first-order valence-corrected chi connectivity index (χ1v) is 12.2. The monoisotopic (exact) mass is 396 g/mol. The predicted octanol–water partition coefficient (Wildman–Crippen LogP) is 7.16. The van der Waals surface area contributed by atoms with Crippen LogP contribution in [-0.4, -0.2) is 12.1 Å². The third kappa shape index (κ3) is 4.14. The number of rotatable bonds is 4. The van der Waals surface area contributed by atoms with E-state index in [0.29, 0.717) is 11.3 Å². The first kappa shape index (κ1) is 20.9. The summed E-state index contributed by atoms with van der Waals surface area (Å²) in [5.74, 6) is 2.22. The number of carbonyl (C=O) groups is 1. The Kier molecular flexibility index (Phi) is 6.09. The molecule has 6 atom stereocenters. The summed E-state index contributed by atoms with van der Waals surface area (Å²) in [6, 6.07) is 0. The lowest BCUT2D eigenvalue weighted by atomic mass is 9.60. The number of hydrogen-bond acceptors (Lipinski definition) is 2. The molecule has 2 nitrogen and oxygen atoms in total. The van der Waals surface area contributed by atoms with Crippen LogP contribution in [0.25, 0.3) is 0 Å². The Labute approximate surface area is 177 Å². The van der Waals surface area contributed by atoms with Crippen molar-refractivity contribution in [1.82, 2.24) is 0 Å². The summed E-state index contributed by atoms with van der Waals surface area (Å²) in [6.07, 6.45) is 18.7. The lowest BCUT2D eigenvalue weighted by Crippen LogP contribution is -2.36. The van der Waals surface area contributed by atoms with Crippen molar-refractivity contribution in [2.75, 3.05) is 0 Å². The lowest BCUT2D eigenvalue weighted by molar-refractivity contribution is -0.144. The molecule has 0 spiro atoms. The fraction of sp³-hybridized carbons (Fsp3) is 0.741. The molecular formula is C27H40O2. The predicted molar refractivity (Wildman–Crippen MR) is 119 cm³/mol. The third-order valence-corrected chi connectivity index (χ3v) is 8.79. The smallest absolute Gasteiger partial charge is 0.309 e. The Morgan fingerprint density at radius 1 is 1.17 bits per heavy atom. The first-order valence-electron chi connectivity index (χ1n) is 12.2. The van der Waals surface area contributed by atoms with Gasteiger partial charge in [-0.15, -0.1) is 0 Å². The Balaban J connectivity index is 1.46. The summed E-state index contributed by atoms with van der Waals surface area (Å²) in [5.41, 5.74) is 4.97. The SMILES string of the molecule is C=C1CCCC/C1=C/C=C1\CCCC2(C)C1CCC2[C@H](C)CC1C[C@H](C)C(=O)O1. The molecule has 3 aliphatic carbocycles. The van der Waals surface area contributed by atoms with Gasteiger partial charge in [0.05, 0.1) is 5.92 Å². The van der Waals surface area contributed by atoms with Gasteiger partial charge in [-0.2, -0.15) is 0 Å². The number of esters is 1. The highest BCUT2D eigenvalue weighted by Gasteiger charge is 2.51. The van der Waals surface area contributed by atoms with Gasteiger partial charge in [0.1, 0.15) is 6.10 Å². The molecule has 0 aromatic heterocycles. The maximum Gasteiger partial charge on any atom is 0.309 e. The van der Waals surface area contributed by atoms with Gasteiger partial charge < -0.3 is 4.74 Å². The van der Waals surface area contributed by atoms with E-state index in [-0.39, 0.29) is 18.0 Å². The minimum absolute atomic E-state index is 0.0120. The van der Waals surface area contributed by atoms with Crippen molar-refractivity contribution < 1.29 is 9.53 Å². The van der Waals surface area contributed by atoms with Gasteiger partial charge in [0.25, 0.3) is 0 Å². The summed E-state index contributed by atoms with van der Waals surface area (Å²) >= 11 is 0. The van der Waals surface area contributed by atoms with Crippen LogP contribution in [0.4, 0.5) is 0 Å². The maximum absolute atomic E-state index is 11.8. The van der Waals surface area contributed by atoms with E-state index in [0.717, 1.165) is 24.7 Å². The van der Waals surface area contributed by atoms with Crippen LogP contribution in [-0.2, 0) is 9.53 Å². The Morgan fingerprint density at radius 2 is 1.97 bits per heavy atom. The highest BCUT2D eigenvalue weighted by Crippen LogP contribution is 2.60. The number of ether oxygens (including phenoxy) is 1. The summed E-state index contributed by atoms with van der Waals surface area (Å²) in [5, 5.41) is 0. The molecule has 2 heteroatoms. The van der Waals surface area contributed by atoms with Crippen molar-refractivity contribution in [3.63, 3.8) is 0 Å². The van der Waals surface area contributed by atoms with E-state index < -0.39 is 0 Å². The van der Waals surface area contributed by atoms with Gasteiger partial charge in [-0.05, 0) is 99.4 Å². The second-order valence-corrected chi connectivity index (χ2v) is 10.7. The van der Waals surface area contributed by atoms with Gasteiger partial charge in [-0.3, -0.25) is 4.79 Å². The van der Waals surface area contributed by atoms with Crippen LogP contribution in [0.5, 0.6) is 0 Å². The van der Waals surface area contributed by atoms with Gasteiger partial charge in [0.2, 0.25) is 0 Å². The molecule has 1 aliphatic heterocycles. The van der Waals surface area contributed by atoms with E-state index in [1.54, 1.807) is 5.57 Å². The third-order valence-electron chi connectivity index (χ3n) is 8.79. The molecule has 1 saturated heterocycles. The second kappa shape index (κ2) is 8.44. The van der Waals surface area contributed by atoms with Crippen LogP contribution in [0.15, 0.2) is 35.5 Å². The van der Waals surface area contributed by atoms with E-state index >= 15 is 0 Å². The van der Waals surface area contributed by atoms with Gasteiger partial charge in [-0.1, -0.05) is 50.6 Å². The second-order valence-electron chi connectivity index (χ2n) is 10.7. The Bertz CT molecular complexity index is 714. The zero-order chi connectivity index (χ0) is 20.6. The zero-order valence-electron chi connectivity index (χ0n) is 18.8. The molecule has 0 bridgehead atoms. The van der Waals surface area contributed by atoms with E-state index in [1.807, 2.05) is 6.92 Å². The van der Waals surface area contributed by atoms with E-state index in [4.69, 9.17) is 4.74 Å². The molecule has 1 heterocycles. The van der Waals surface area contributed by atoms with Gasteiger partial charge in [0.15, 0.2) is 0 Å². The zero-order valence-corrected chi connectivity index (χ0v) is 18.8. The van der Waals surface area contributed by atoms with Crippen molar-refractivity contribution in [2.24, 2.45) is 29.1 Å². The molecule has 4 aliphatic rings. The van der Waals surface area contributed by atoms with Crippen LogP contribution < -0.4 is 0 Å². The van der Waals surface area contributed by atoms with Crippen molar-refractivity contribution in [3.8, 4) is 0 Å². The molecule has 4 rings (SSSR count). The molecule has 0 aromatic rings. The fourth-order valence-electron chi connectivity index (χ4n) is 7.16. The van der Waals surface area contributed by atoms with E-state index in [9.17, 15) is 4.79 Å². The van der Waals surface area contributed by atoms with Crippen LogP contribution >= 0.6 is 0 Å². The van der Waals surface area contributed by atoms with Crippen molar-refractivity contribution >= 4 is 5.97 Å². The number of cyclic esters (lactones) is 1. The minimum atomic E-state index is 0.0120. The molecule has 0 amide bonds.